The van der Waals surface area contributed by atoms with Crippen molar-refractivity contribution in [1.29, 1.82) is 0 Å². The van der Waals surface area contributed by atoms with Gasteiger partial charge < -0.3 is 10.4 Å². The normalized spacial score (nSPS) is 10.8. The number of hydrogen-bond acceptors (Lipinski definition) is 5. The fourth-order valence-electron chi connectivity index (χ4n) is 1.78. The number of amides is 1. The molecule has 0 aliphatic rings. The van der Waals surface area contributed by atoms with Crippen molar-refractivity contribution >= 4 is 57.6 Å². The van der Waals surface area contributed by atoms with Crippen molar-refractivity contribution in [2.45, 2.75) is 0 Å². The molecule has 8 heteroatoms. The number of hydrogen-bond donors (Lipinski definition) is 2. The van der Waals surface area contributed by atoms with Crippen LogP contribution < -0.4 is 5.32 Å². The van der Waals surface area contributed by atoms with Crippen molar-refractivity contribution < 1.29 is 9.90 Å². The Morgan fingerprint density at radius 2 is 1.95 bits per heavy atom. The fraction of sp³-hybridized carbons (Fsp3) is 0. The van der Waals surface area contributed by atoms with Crippen LogP contribution in [0.4, 0.5) is 5.69 Å². The van der Waals surface area contributed by atoms with Crippen LogP contribution in [0.3, 0.4) is 0 Å². The summed E-state index contributed by atoms with van der Waals surface area (Å²) < 4.78 is 8.22. The first kappa shape index (κ1) is 14.1. The highest BCUT2D eigenvalue weighted by molar-refractivity contribution is 7.00. The van der Waals surface area contributed by atoms with E-state index in [9.17, 15) is 9.90 Å². The van der Waals surface area contributed by atoms with Gasteiger partial charge in [-0.2, -0.15) is 8.75 Å². The summed E-state index contributed by atoms with van der Waals surface area (Å²) in [6, 6.07) is 7.56. The van der Waals surface area contributed by atoms with Gasteiger partial charge in [0.15, 0.2) is 0 Å². The Labute approximate surface area is 133 Å². The van der Waals surface area contributed by atoms with E-state index in [1.54, 1.807) is 12.1 Å². The summed E-state index contributed by atoms with van der Waals surface area (Å²) in [7, 11) is 0. The van der Waals surface area contributed by atoms with E-state index in [1.165, 1.54) is 18.2 Å². The molecule has 0 saturated heterocycles. The van der Waals surface area contributed by atoms with Crippen LogP contribution in [0.1, 0.15) is 10.4 Å². The lowest BCUT2D eigenvalue weighted by Gasteiger charge is -2.08. The molecule has 0 aliphatic carbocycles. The third-order valence-corrected chi connectivity index (χ3v) is 3.99. The Kier molecular flexibility index (Phi) is 3.67. The van der Waals surface area contributed by atoms with Crippen molar-refractivity contribution in [3.8, 4) is 5.75 Å². The number of fused-ring (bicyclic) bond motifs is 1. The lowest BCUT2D eigenvalue weighted by atomic mass is 10.2. The number of rotatable bonds is 2. The Morgan fingerprint density at radius 3 is 2.71 bits per heavy atom. The van der Waals surface area contributed by atoms with E-state index >= 15 is 0 Å². The third-order valence-electron chi connectivity index (χ3n) is 2.83. The quantitative estimate of drug-likeness (QED) is 0.741. The summed E-state index contributed by atoms with van der Waals surface area (Å²) in [6.07, 6.45) is 0. The van der Waals surface area contributed by atoms with Crippen LogP contribution in [-0.4, -0.2) is 19.8 Å². The number of nitrogens with zero attached hydrogens (tertiary/aromatic N) is 2. The predicted molar refractivity (Wildman–Crippen MR) is 83.5 cm³/mol. The smallest absolute Gasteiger partial charge is 0.255 e. The van der Waals surface area contributed by atoms with Crippen molar-refractivity contribution in [2.24, 2.45) is 0 Å². The maximum absolute atomic E-state index is 12.2. The van der Waals surface area contributed by atoms with Crippen LogP contribution >= 0.6 is 34.9 Å². The average Bonchev–Trinajstić information content (AvgIpc) is 2.93. The molecule has 0 bridgehead atoms. The van der Waals surface area contributed by atoms with Gasteiger partial charge in [-0.3, -0.25) is 4.79 Å². The number of aromatic nitrogens is 2. The second kappa shape index (κ2) is 5.48. The van der Waals surface area contributed by atoms with Gasteiger partial charge in [0.1, 0.15) is 16.8 Å². The molecule has 0 fully saturated rings. The van der Waals surface area contributed by atoms with Gasteiger partial charge in [-0.25, -0.2) is 0 Å². The van der Waals surface area contributed by atoms with Gasteiger partial charge in [-0.15, -0.1) is 0 Å². The molecular formula is C13H7Cl2N3O2S. The maximum atomic E-state index is 12.2. The van der Waals surface area contributed by atoms with Crippen LogP contribution in [0, 0.1) is 0 Å². The molecule has 21 heavy (non-hydrogen) atoms. The van der Waals surface area contributed by atoms with E-state index in [2.05, 4.69) is 14.1 Å². The predicted octanol–water partition coefficient (Wildman–Crippen LogP) is 3.96. The van der Waals surface area contributed by atoms with E-state index in [0.717, 1.165) is 11.7 Å². The molecule has 2 aromatic carbocycles. The summed E-state index contributed by atoms with van der Waals surface area (Å²) in [5.74, 6) is -0.489. The Morgan fingerprint density at radius 1 is 1.14 bits per heavy atom. The minimum atomic E-state index is -0.403. The molecule has 0 atom stereocenters. The van der Waals surface area contributed by atoms with Crippen LogP contribution in [-0.2, 0) is 0 Å². The number of phenols is 1. The number of anilines is 1. The Bertz CT molecular complexity index is 851. The number of carbonyl (C=O) groups excluding carboxylic acids is 1. The largest absolute Gasteiger partial charge is 0.506 e. The van der Waals surface area contributed by atoms with Gasteiger partial charge in [-0.1, -0.05) is 23.2 Å². The van der Waals surface area contributed by atoms with Gasteiger partial charge in [0.2, 0.25) is 0 Å². The lowest BCUT2D eigenvalue weighted by molar-refractivity contribution is 0.102. The second-order valence-electron chi connectivity index (χ2n) is 4.17. The molecule has 0 unspecified atom stereocenters. The number of phenolic OH excluding ortho intramolecular Hbond substituents is 1. The molecule has 5 nitrogen and oxygen atoms in total. The summed E-state index contributed by atoms with van der Waals surface area (Å²) in [6.45, 7) is 0. The molecular weight excluding hydrogens is 333 g/mol. The molecule has 0 saturated carbocycles. The molecule has 1 amide bonds. The number of aromatic hydroxyl groups is 1. The van der Waals surface area contributed by atoms with Crippen LogP contribution in [0.25, 0.3) is 11.0 Å². The minimum absolute atomic E-state index is 0.0861. The van der Waals surface area contributed by atoms with Gasteiger partial charge in [-0.05, 0) is 30.3 Å². The lowest BCUT2D eigenvalue weighted by Crippen LogP contribution is -2.12. The molecule has 1 aromatic heterocycles. The number of nitrogens with one attached hydrogen (secondary N) is 1. The number of halogens is 2. The Hall–Kier alpha value is -1.89. The highest BCUT2D eigenvalue weighted by atomic mass is 35.5. The van der Waals surface area contributed by atoms with Crippen molar-refractivity contribution in [3.63, 3.8) is 0 Å². The van der Waals surface area contributed by atoms with Gasteiger partial charge in [0.05, 0.1) is 27.5 Å². The average molecular weight is 340 g/mol. The topological polar surface area (TPSA) is 75.1 Å². The SMILES string of the molecule is O=C(Nc1c(Cl)ccc2nsnc12)c1ccc(O)c(Cl)c1. The second-order valence-corrected chi connectivity index (χ2v) is 5.52. The zero-order valence-corrected chi connectivity index (χ0v) is 12.6. The van der Waals surface area contributed by atoms with E-state index in [-0.39, 0.29) is 10.8 Å². The molecule has 3 rings (SSSR count). The van der Waals surface area contributed by atoms with Crippen LogP contribution in [0.15, 0.2) is 30.3 Å². The van der Waals surface area contributed by atoms with E-state index < -0.39 is 5.91 Å². The van der Waals surface area contributed by atoms with Gasteiger partial charge in [0, 0.05) is 5.56 Å². The van der Waals surface area contributed by atoms with Crippen molar-refractivity contribution in [2.75, 3.05) is 5.32 Å². The number of carbonyl (C=O) groups is 1. The first-order chi connectivity index (χ1) is 10.1. The summed E-state index contributed by atoms with van der Waals surface area (Å²) >= 11 is 12.9. The van der Waals surface area contributed by atoms with Gasteiger partial charge in [0.25, 0.3) is 5.91 Å². The Balaban J connectivity index is 1.98. The molecule has 0 aliphatic heterocycles. The first-order valence-corrected chi connectivity index (χ1v) is 7.25. The van der Waals surface area contributed by atoms with E-state index in [1.807, 2.05) is 0 Å². The highest BCUT2D eigenvalue weighted by Gasteiger charge is 2.15. The molecule has 1 heterocycles. The summed E-state index contributed by atoms with van der Waals surface area (Å²) in [5, 5.41) is 12.5. The summed E-state index contributed by atoms with van der Waals surface area (Å²) in [5.41, 5.74) is 1.89. The monoisotopic (exact) mass is 339 g/mol. The molecule has 106 valence electrons. The van der Waals surface area contributed by atoms with Crippen LogP contribution in [0.5, 0.6) is 5.75 Å². The van der Waals surface area contributed by atoms with Gasteiger partial charge >= 0.3 is 0 Å². The first-order valence-electron chi connectivity index (χ1n) is 5.77. The molecule has 0 spiro atoms. The third kappa shape index (κ3) is 2.65. The number of benzene rings is 2. The van der Waals surface area contributed by atoms with Crippen molar-refractivity contribution in [3.05, 3.63) is 45.9 Å². The van der Waals surface area contributed by atoms with E-state index in [4.69, 9.17) is 23.2 Å². The van der Waals surface area contributed by atoms with E-state index in [0.29, 0.717) is 27.3 Å². The molecule has 3 aromatic rings. The van der Waals surface area contributed by atoms with Crippen LogP contribution in [0.2, 0.25) is 10.0 Å². The van der Waals surface area contributed by atoms with Crippen molar-refractivity contribution in [1.82, 2.24) is 8.75 Å². The standard InChI is InChI=1S/C13H7Cl2N3O2S/c14-7-2-3-9-12(18-21-17-9)11(7)16-13(20)6-1-4-10(19)8(15)5-6/h1-5,19H,(H,16,20). The maximum Gasteiger partial charge on any atom is 0.255 e. The zero-order valence-electron chi connectivity index (χ0n) is 10.3. The fourth-order valence-corrected chi connectivity index (χ4v) is 2.70. The molecule has 2 N–H and O–H groups in total. The molecule has 0 radical (unpaired) electrons. The zero-order chi connectivity index (χ0) is 15.0. The minimum Gasteiger partial charge on any atom is -0.506 e. The highest BCUT2D eigenvalue weighted by Crippen LogP contribution is 2.31. The summed E-state index contributed by atoms with van der Waals surface area (Å²) in [4.78, 5) is 12.2.